The van der Waals surface area contributed by atoms with Crippen LogP contribution in [0.15, 0.2) is 29.1 Å². The summed E-state index contributed by atoms with van der Waals surface area (Å²) in [4.78, 5) is 13.5. The minimum absolute atomic E-state index is 0.00453. The fraction of sp³-hybridized carbons (Fsp3) is 0.308. The number of halogens is 3. The molecule has 0 bridgehead atoms. The van der Waals surface area contributed by atoms with Crippen molar-refractivity contribution in [2.24, 2.45) is 0 Å². The summed E-state index contributed by atoms with van der Waals surface area (Å²) in [5.74, 6) is 0.291. The van der Waals surface area contributed by atoms with E-state index in [-0.39, 0.29) is 23.6 Å². The number of fused-ring (bicyclic) bond motifs is 1. The molecule has 1 unspecified atom stereocenters. The van der Waals surface area contributed by atoms with Crippen LogP contribution in [0.5, 0.6) is 5.75 Å². The third-order valence-corrected chi connectivity index (χ3v) is 2.99. The molecule has 0 radical (unpaired) electrons. The van der Waals surface area contributed by atoms with Crippen LogP contribution >= 0.6 is 0 Å². The minimum Gasteiger partial charge on any atom is -0.490 e. The largest absolute Gasteiger partial charge is 0.490 e. The number of hydrogen-bond acceptors (Lipinski definition) is 3. The van der Waals surface area contributed by atoms with Crippen molar-refractivity contribution in [3.8, 4) is 5.75 Å². The molecule has 1 fully saturated rings. The van der Waals surface area contributed by atoms with Gasteiger partial charge >= 0.3 is 6.18 Å². The average molecular weight is 285 g/mol. The van der Waals surface area contributed by atoms with E-state index in [1.165, 1.54) is 18.2 Å². The highest BCUT2D eigenvalue weighted by atomic mass is 19.4. The number of ether oxygens (including phenoxy) is 2. The van der Waals surface area contributed by atoms with Crippen LogP contribution < -0.4 is 10.3 Å². The van der Waals surface area contributed by atoms with E-state index in [9.17, 15) is 18.0 Å². The SMILES string of the molecule is O=c1ccc2c(OCC3CO3)ccc(C(F)(F)F)c2[nH]1. The van der Waals surface area contributed by atoms with Gasteiger partial charge in [0.15, 0.2) is 0 Å². The van der Waals surface area contributed by atoms with Crippen molar-refractivity contribution in [1.82, 2.24) is 4.98 Å². The second-order valence-corrected chi connectivity index (χ2v) is 4.49. The quantitative estimate of drug-likeness (QED) is 0.881. The van der Waals surface area contributed by atoms with Crippen molar-refractivity contribution in [2.45, 2.75) is 12.3 Å². The number of alkyl halides is 3. The Bertz CT molecular complexity index is 704. The number of aromatic amines is 1. The molecular formula is C13H10F3NO3. The Morgan fingerprint density at radius 2 is 2.05 bits per heavy atom. The van der Waals surface area contributed by atoms with Gasteiger partial charge in [0.1, 0.15) is 18.5 Å². The lowest BCUT2D eigenvalue weighted by Crippen LogP contribution is -2.12. The molecule has 2 heterocycles. The van der Waals surface area contributed by atoms with E-state index in [0.717, 1.165) is 6.07 Å². The Kier molecular flexibility index (Phi) is 2.93. The fourth-order valence-electron chi connectivity index (χ4n) is 1.93. The summed E-state index contributed by atoms with van der Waals surface area (Å²) in [6.07, 6.45) is -4.55. The minimum atomic E-state index is -4.54. The van der Waals surface area contributed by atoms with Gasteiger partial charge in [-0.05, 0) is 18.2 Å². The van der Waals surface area contributed by atoms with Gasteiger partial charge in [-0.25, -0.2) is 0 Å². The molecule has 2 aromatic rings. The first-order valence-corrected chi connectivity index (χ1v) is 5.93. The number of nitrogens with one attached hydrogen (secondary N) is 1. The van der Waals surface area contributed by atoms with Gasteiger partial charge in [-0.2, -0.15) is 13.2 Å². The van der Waals surface area contributed by atoms with Crippen LogP contribution in [0.1, 0.15) is 5.56 Å². The first-order chi connectivity index (χ1) is 9.45. The molecule has 0 aliphatic carbocycles. The van der Waals surface area contributed by atoms with Crippen LogP contribution in [0, 0.1) is 0 Å². The van der Waals surface area contributed by atoms with Gasteiger partial charge in [-0.3, -0.25) is 4.79 Å². The van der Waals surface area contributed by atoms with Crippen LogP contribution in [0.2, 0.25) is 0 Å². The number of aromatic nitrogens is 1. The molecule has 4 nitrogen and oxygen atoms in total. The summed E-state index contributed by atoms with van der Waals surface area (Å²) in [7, 11) is 0. The molecule has 1 N–H and O–H groups in total. The highest BCUT2D eigenvalue weighted by Gasteiger charge is 2.33. The molecule has 1 aromatic heterocycles. The van der Waals surface area contributed by atoms with E-state index in [2.05, 4.69) is 4.98 Å². The molecule has 106 valence electrons. The maximum Gasteiger partial charge on any atom is 0.418 e. The number of benzene rings is 1. The molecule has 0 amide bonds. The molecule has 0 spiro atoms. The van der Waals surface area contributed by atoms with Gasteiger partial charge in [0.2, 0.25) is 5.56 Å². The summed E-state index contributed by atoms with van der Waals surface area (Å²) >= 11 is 0. The number of rotatable bonds is 3. The lowest BCUT2D eigenvalue weighted by atomic mass is 10.1. The zero-order valence-electron chi connectivity index (χ0n) is 10.2. The Labute approximate surface area is 111 Å². The molecule has 0 saturated carbocycles. The van der Waals surface area contributed by atoms with Crippen molar-refractivity contribution < 1.29 is 22.6 Å². The van der Waals surface area contributed by atoms with Crippen molar-refractivity contribution in [2.75, 3.05) is 13.2 Å². The van der Waals surface area contributed by atoms with E-state index in [1.54, 1.807) is 0 Å². The number of epoxide rings is 1. The molecule has 20 heavy (non-hydrogen) atoms. The maximum atomic E-state index is 12.9. The molecule has 7 heteroatoms. The molecule has 1 atom stereocenters. The van der Waals surface area contributed by atoms with Crippen LogP contribution in [0.4, 0.5) is 13.2 Å². The number of hydrogen-bond donors (Lipinski definition) is 1. The van der Waals surface area contributed by atoms with Gasteiger partial charge in [0, 0.05) is 11.5 Å². The van der Waals surface area contributed by atoms with Crippen molar-refractivity contribution in [1.29, 1.82) is 0 Å². The summed E-state index contributed by atoms with van der Waals surface area (Å²) in [5, 5.41) is 0.222. The van der Waals surface area contributed by atoms with Crippen LogP contribution in [-0.4, -0.2) is 24.3 Å². The second kappa shape index (κ2) is 4.52. The van der Waals surface area contributed by atoms with E-state index >= 15 is 0 Å². The van der Waals surface area contributed by atoms with Crippen LogP contribution in [0.25, 0.3) is 10.9 Å². The van der Waals surface area contributed by atoms with Gasteiger partial charge in [-0.1, -0.05) is 0 Å². The molecule has 1 aliphatic heterocycles. The summed E-state index contributed by atoms with van der Waals surface area (Å²) in [5.41, 5.74) is -1.75. The first kappa shape index (κ1) is 13.0. The molecule has 1 aromatic carbocycles. The number of pyridine rings is 1. The number of H-pyrrole nitrogens is 1. The highest BCUT2D eigenvalue weighted by molar-refractivity contribution is 5.88. The summed E-state index contributed by atoms with van der Waals surface area (Å²) in [6.45, 7) is 0.870. The summed E-state index contributed by atoms with van der Waals surface area (Å²) < 4.78 is 49.2. The third kappa shape index (κ3) is 2.49. The molecule has 3 rings (SSSR count). The second-order valence-electron chi connectivity index (χ2n) is 4.49. The van der Waals surface area contributed by atoms with Crippen LogP contribution in [-0.2, 0) is 10.9 Å². The smallest absolute Gasteiger partial charge is 0.418 e. The monoisotopic (exact) mass is 285 g/mol. The Balaban J connectivity index is 2.11. The summed E-state index contributed by atoms with van der Waals surface area (Å²) in [6, 6.07) is 4.66. The fourth-order valence-corrected chi connectivity index (χ4v) is 1.93. The lowest BCUT2D eigenvalue weighted by molar-refractivity contribution is -0.136. The van der Waals surface area contributed by atoms with Crippen molar-refractivity contribution in [3.63, 3.8) is 0 Å². The first-order valence-electron chi connectivity index (χ1n) is 5.93. The predicted octanol–water partition coefficient (Wildman–Crippen LogP) is 2.32. The van der Waals surface area contributed by atoms with Gasteiger partial charge in [-0.15, -0.1) is 0 Å². The van der Waals surface area contributed by atoms with Gasteiger partial charge in [0.25, 0.3) is 0 Å². The van der Waals surface area contributed by atoms with Gasteiger partial charge < -0.3 is 14.5 Å². The van der Waals surface area contributed by atoms with E-state index in [1.807, 2.05) is 0 Å². The topological polar surface area (TPSA) is 54.6 Å². The Hall–Kier alpha value is -2.02. The zero-order chi connectivity index (χ0) is 14.3. The molecular weight excluding hydrogens is 275 g/mol. The highest BCUT2D eigenvalue weighted by Crippen LogP contribution is 2.37. The maximum absolute atomic E-state index is 12.9. The van der Waals surface area contributed by atoms with Crippen molar-refractivity contribution in [3.05, 3.63) is 40.2 Å². The lowest BCUT2D eigenvalue weighted by Gasteiger charge is -2.13. The van der Waals surface area contributed by atoms with E-state index in [4.69, 9.17) is 9.47 Å². The average Bonchev–Trinajstić information content (AvgIpc) is 3.18. The zero-order valence-corrected chi connectivity index (χ0v) is 10.2. The van der Waals surface area contributed by atoms with Crippen molar-refractivity contribution >= 4 is 10.9 Å². The Morgan fingerprint density at radius 1 is 1.30 bits per heavy atom. The standard InChI is InChI=1S/C13H10F3NO3/c14-13(15,16)9-2-3-10(20-6-7-5-19-7)8-1-4-11(18)17-12(8)9/h1-4,7H,5-6H2,(H,17,18). The molecule has 1 aliphatic rings. The molecule has 1 saturated heterocycles. The predicted molar refractivity (Wildman–Crippen MR) is 64.8 cm³/mol. The van der Waals surface area contributed by atoms with Crippen LogP contribution in [0.3, 0.4) is 0 Å². The third-order valence-electron chi connectivity index (χ3n) is 2.99. The normalized spacial score (nSPS) is 18.2. The van der Waals surface area contributed by atoms with Gasteiger partial charge in [0.05, 0.1) is 17.7 Å². The van der Waals surface area contributed by atoms with E-state index < -0.39 is 17.3 Å². The Morgan fingerprint density at radius 3 is 2.70 bits per heavy atom. The van der Waals surface area contributed by atoms with E-state index in [0.29, 0.717) is 12.4 Å².